The van der Waals surface area contributed by atoms with Gasteiger partial charge in [-0.25, -0.2) is 0 Å². The molecule has 0 aliphatic heterocycles. The fourth-order valence-electron chi connectivity index (χ4n) is 23.4. The fourth-order valence-corrected chi connectivity index (χ4v) is 23.4. The lowest BCUT2D eigenvalue weighted by Crippen LogP contribution is -2.29. The van der Waals surface area contributed by atoms with Gasteiger partial charge < -0.3 is 9.80 Å². The summed E-state index contributed by atoms with van der Waals surface area (Å²) in [6, 6.07) is 201. The highest BCUT2D eigenvalue weighted by molar-refractivity contribution is 5.98. The molecule has 4 aliphatic rings. The number of benzene rings is 21. The summed E-state index contributed by atoms with van der Waals surface area (Å²) in [5.74, 6) is 0. The Kier molecular flexibility index (Phi) is 18.6. The van der Waals surface area contributed by atoms with Crippen LogP contribution in [0.4, 0.5) is 34.1 Å². The first-order valence-corrected chi connectivity index (χ1v) is 46.0. The van der Waals surface area contributed by atoms with Crippen LogP contribution in [0.25, 0.3) is 89.0 Å². The summed E-state index contributed by atoms with van der Waals surface area (Å²) < 4.78 is 0. The van der Waals surface area contributed by atoms with E-state index in [1.165, 1.54) is 145 Å². The molecular formula is C130H88N2. The normalized spacial score (nSPS) is 13.7. The van der Waals surface area contributed by atoms with Crippen molar-refractivity contribution >= 4 is 34.1 Å². The van der Waals surface area contributed by atoms with E-state index in [9.17, 15) is 0 Å². The van der Waals surface area contributed by atoms with Crippen LogP contribution in [0.3, 0.4) is 0 Å². The monoisotopic (exact) mass is 1680 g/mol. The van der Waals surface area contributed by atoms with Crippen molar-refractivity contribution in [1.29, 1.82) is 0 Å². The van der Waals surface area contributed by atoms with E-state index in [0.717, 1.165) is 67.5 Å². The van der Waals surface area contributed by atoms with Crippen molar-refractivity contribution in [1.82, 2.24) is 0 Å². The van der Waals surface area contributed by atoms with Gasteiger partial charge in [-0.05, 0) is 245 Å². The van der Waals surface area contributed by atoms with Crippen molar-refractivity contribution in [3.8, 4) is 89.0 Å². The van der Waals surface area contributed by atoms with Crippen LogP contribution in [0.1, 0.15) is 89.0 Å². The van der Waals surface area contributed by atoms with Gasteiger partial charge in [0.1, 0.15) is 0 Å². The molecule has 0 heterocycles. The Bertz CT molecular complexity index is 7600. The van der Waals surface area contributed by atoms with Crippen molar-refractivity contribution in [2.45, 2.75) is 21.7 Å². The third-order valence-corrected chi connectivity index (χ3v) is 29.0. The molecule has 0 fully saturated rings. The van der Waals surface area contributed by atoms with Gasteiger partial charge in [-0.3, -0.25) is 0 Å². The van der Waals surface area contributed by atoms with Gasteiger partial charge in [0.25, 0.3) is 0 Å². The summed E-state index contributed by atoms with van der Waals surface area (Å²) >= 11 is 0. The van der Waals surface area contributed by atoms with Crippen LogP contribution in [-0.2, 0) is 21.7 Å². The molecule has 0 atom stereocenters. The van der Waals surface area contributed by atoms with E-state index in [4.69, 9.17) is 0 Å². The maximum absolute atomic E-state index is 2.56. The number of hydrogen-bond acceptors (Lipinski definition) is 2. The summed E-state index contributed by atoms with van der Waals surface area (Å²) in [6.45, 7) is 0. The van der Waals surface area contributed by atoms with Gasteiger partial charge in [0.15, 0.2) is 0 Å². The second-order valence-electron chi connectivity index (χ2n) is 35.5. The summed E-state index contributed by atoms with van der Waals surface area (Å²) in [7, 11) is 0. The molecule has 25 rings (SSSR count). The fraction of sp³-hybridized carbons (Fsp3) is 0.0308. The van der Waals surface area contributed by atoms with Crippen molar-refractivity contribution in [2.24, 2.45) is 0 Å². The molecule has 618 valence electrons. The Balaban J connectivity index is 0.648. The van der Waals surface area contributed by atoms with Crippen LogP contribution in [0.2, 0.25) is 0 Å². The predicted molar refractivity (Wildman–Crippen MR) is 547 cm³/mol. The maximum atomic E-state index is 2.56. The average molecular weight is 1680 g/mol. The van der Waals surface area contributed by atoms with Crippen LogP contribution >= 0.6 is 0 Å². The maximum Gasteiger partial charge on any atom is 0.0714 e. The van der Waals surface area contributed by atoms with E-state index in [1.807, 2.05) is 0 Å². The Labute approximate surface area is 772 Å². The second kappa shape index (κ2) is 31.6. The number of para-hydroxylation sites is 1. The van der Waals surface area contributed by atoms with Gasteiger partial charge in [0.05, 0.1) is 27.3 Å². The topological polar surface area (TPSA) is 6.48 Å². The molecule has 0 aromatic heterocycles. The van der Waals surface area contributed by atoms with Crippen LogP contribution in [-0.4, -0.2) is 0 Å². The zero-order chi connectivity index (χ0) is 87.3. The number of hydrogen-bond donors (Lipinski definition) is 0. The molecule has 21 aromatic rings. The molecule has 0 saturated carbocycles. The molecule has 2 heteroatoms. The van der Waals surface area contributed by atoms with Gasteiger partial charge in [0.2, 0.25) is 0 Å². The standard InChI is InChI=1S/C130H88N2/c1-10-36-89(37-11-1)90-62-64-91(65-63-90)92-70-73-104(74-71-92)131(105-75-80-114-110-55-28-32-58-118(110)127(122(114)85-105,96-38-12-2-13-39-96)97-40-14-3-15-41-97)106-76-81-117-113-79-72-95(84-121(113)130(125(117)86-106,102-50-24-8-25-51-102)103-52-26-9-27-53-103)93-66-68-94(69-67-93)109-54-31-35-61-126(109)132(107-77-82-115-111-56-29-33-59-119(111)128(123(115)87-107,98-42-16-4-17-43-98)99-44-18-5-19-45-99)108-78-83-116-112-57-30-34-60-120(112)129(124(116)88-108,100-46-20-6-21-47-100)101-48-22-7-23-49-101/h1-88H. The SMILES string of the molecule is c1ccc(-c2ccc(-c3ccc(N(c4ccc5c(c4)C(c4ccccc4)(c4ccccc4)c4ccccc4-5)c4ccc5c(c4)C(c4ccccc4)(c4ccccc4)c4cc(-c6ccc(-c7ccccc7N(c7ccc8c(c7)C(c7ccccc7)(c7ccccc7)c7ccccc7-8)c7ccc8c(c7)C(c7ccccc7)(c7ccccc7)c7ccccc7-8)cc6)ccc4-5)cc3)cc2)cc1. The van der Waals surface area contributed by atoms with E-state index < -0.39 is 21.7 Å². The number of anilines is 6. The second-order valence-corrected chi connectivity index (χ2v) is 35.5. The van der Waals surface area contributed by atoms with Gasteiger partial charge >= 0.3 is 0 Å². The Hall–Kier alpha value is -16.8. The van der Waals surface area contributed by atoms with E-state index in [0.29, 0.717) is 0 Å². The molecule has 21 aromatic carbocycles. The lowest BCUT2D eigenvalue weighted by atomic mass is 9.67. The van der Waals surface area contributed by atoms with E-state index >= 15 is 0 Å². The molecule has 0 bridgehead atoms. The van der Waals surface area contributed by atoms with Crippen LogP contribution in [0.5, 0.6) is 0 Å². The van der Waals surface area contributed by atoms with E-state index in [-0.39, 0.29) is 0 Å². The zero-order valence-corrected chi connectivity index (χ0v) is 72.7. The van der Waals surface area contributed by atoms with Crippen molar-refractivity contribution in [2.75, 3.05) is 9.80 Å². The highest BCUT2D eigenvalue weighted by atomic mass is 15.2. The van der Waals surface area contributed by atoms with Crippen LogP contribution in [0, 0.1) is 0 Å². The Morgan fingerprint density at radius 1 is 0.114 bits per heavy atom. The lowest BCUT2D eigenvalue weighted by Gasteiger charge is -2.36. The molecule has 4 aliphatic carbocycles. The molecular weight excluding hydrogens is 1590 g/mol. The van der Waals surface area contributed by atoms with Gasteiger partial charge in [0, 0.05) is 34.0 Å². The van der Waals surface area contributed by atoms with Gasteiger partial charge in [-0.1, -0.05) is 461 Å². The minimum absolute atomic E-state index is 0.623. The van der Waals surface area contributed by atoms with Crippen molar-refractivity contribution < 1.29 is 0 Å². The molecule has 132 heavy (non-hydrogen) atoms. The molecule has 0 unspecified atom stereocenters. The third kappa shape index (κ3) is 11.9. The largest absolute Gasteiger partial charge is 0.310 e. The summed E-state index contributed by atoms with van der Waals surface area (Å²) in [5, 5.41) is 0. The highest BCUT2D eigenvalue weighted by Gasteiger charge is 2.52. The summed E-state index contributed by atoms with van der Waals surface area (Å²) in [4.78, 5) is 5.07. The first-order valence-electron chi connectivity index (χ1n) is 46.0. The van der Waals surface area contributed by atoms with E-state index in [2.05, 4.69) is 544 Å². The van der Waals surface area contributed by atoms with Crippen molar-refractivity contribution in [3.63, 3.8) is 0 Å². The molecule has 2 nitrogen and oxygen atoms in total. The Morgan fingerprint density at radius 2 is 0.311 bits per heavy atom. The van der Waals surface area contributed by atoms with Gasteiger partial charge in [-0.15, -0.1) is 0 Å². The lowest BCUT2D eigenvalue weighted by molar-refractivity contribution is 0.767. The average Bonchev–Trinajstić information content (AvgIpc) is 1.55. The van der Waals surface area contributed by atoms with Gasteiger partial charge in [-0.2, -0.15) is 0 Å². The summed E-state index contributed by atoms with van der Waals surface area (Å²) in [6.07, 6.45) is 0. The third-order valence-electron chi connectivity index (χ3n) is 29.0. The molecule has 0 radical (unpaired) electrons. The molecule has 0 amide bonds. The first-order chi connectivity index (χ1) is 65.5. The number of fused-ring (bicyclic) bond motifs is 12. The summed E-state index contributed by atoms with van der Waals surface area (Å²) in [5.41, 5.74) is 42.4. The zero-order valence-electron chi connectivity index (χ0n) is 72.7. The highest BCUT2D eigenvalue weighted by Crippen LogP contribution is 2.64. The quantitative estimate of drug-likeness (QED) is 0.0845. The first kappa shape index (κ1) is 77.6. The number of nitrogens with zero attached hydrogens (tertiary/aromatic N) is 2. The number of rotatable bonds is 18. The van der Waals surface area contributed by atoms with Crippen LogP contribution in [0.15, 0.2) is 534 Å². The minimum Gasteiger partial charge on any atom is -0.310 e. The predicted octanol–water partition coefficient (Wildman–Crippen LogP) is 32.7. The smallest absolute Gasteiger partial charge is 0.0714 e. The molecule has 0 spiro atoms. The van der Waals surface area contributed by atoms with Crippen LogP contribution < -0.4 is 9.80 Å². The minimum atomic E-state index is -0.775. The van der Waals surface area contributed by atoms with E-state index in [1.54, 1.807) is 0 Å². The molecule has 0 saturated heterocycles. The Morgan fingerprint density at radius 3 is 0.629 bits per heavy atom. The molecule has 0 N–H and O–H groups in total. The van der Waals surface area contributed by atoms with Crippen molar-refractivity contribution in [3.05, 3.63) is 623 Å².